The molecule has 0 spiro atoms. The van der Waals surface area contributed by atoms with Gasteiger partial charge in [-0.3, -0.25) is 9.69 Å². The van der Waals surface area contributed by atoms with E-state index in [1.807, 2.05) is 43.3 Å². The molecule has 0 atom stereocenters. The number of aryl methyl sites for hydroxylation is 2. The lowest BCUT2D eigenvalue weighted by molar-refractivity contribution is 0.102. The van der Waals surface area contributed by atoms with E-state index in [2.05, 4.69) is 39.7 Å². The first kappa shape index (κ1) is 20.6. The Morgan fingerprint density at radius 2 is 1.87 bits per heavy atom. The van der Waals surface area contributed by atoms with Crippen molar-refractivity contribution in [1.29, 1.82) is 0 Å². The SMILES string of the molecule is CCCn1c(CN2CCN(C)CC2)nc2cc(NC(=O)c3ccccc3C)ccc21. The summed E-state index contributed by atoms with van der Waals surface area (Å²) < 4.78 is 2.33. The molecule has 0 radical (unpaired) electrons. The maximum Gasteiger partial charge on any atom is 0.255 e. The summed E-state index contributed by atoms with van der Waals surface area (Å²) in [7, 11) is 2.18. The average Bonchev–Trinajstić information content (AvgIpc) is 3.06. The summed E-state index contributed by atoms with van der Waals surface area (Å²) in [4.78, 5) is 22.5. The van der Waals surface area contributed by atoms with Crippen LogP contribution in [0.3, 0.4) is 0 Å². The van der Waals surface area contributed by atoms with Crippen LogP contribution in [0, 0.1) is 6.92 Å². The van der Waals surface area contributed by atoms with Gasteiger partial charge in [0.1, 0.15) is 5.82 Å². The van der Waals surface area contributed by atoms with Crippen molar-refractivity contribution in [1.82, 2.24) is 19.4 Å². The normalized spacial score (nSPS) is 15.6. The fraction of sp³-hybridized carbons (Fsp3) is 0.417. The second-order valence-electron chi connectivity index (χ2n) is 8.23. The average molecular weight is 406 g/mol. The van der Waals surface area contributed by atoms with Gasteiger partial charge in [-0.15, -0.1) is 0 Å². The van der Waals surface area contributed by atoms with Crippen LogP contribution in [0.15, 0.2) is 42.5 Å². The molecule has 3 aromatic rings. The van der Waals surface area contributed by atoms with E-state index in [1.54, 1.807) is 0 Å². The summed E-state index contributed by atoms with van der Waals surface area (Å²) in [5.41, 5.74) is 4.52. The van der Waals surface area contributed by atoms with Gasteiger partial charge in [0.05, 0.1) is 17.6 Å². The van der Waals surface area contributed by atoms with Crippen LogP contribution >= 0.6 is 0 Å². The zero-order chi connectivity index (χ0) is 21.1. The third-order valence-corrected chi connectivity index (χ3v) is 5.88. The van der Waals surface area contributed by atoms with E-state index in [0.29, 0.717) is 5.56 Å². The van der Waals surface area contributed by atoms with Crippen LogP contribution in [0.25, 0.3) is 11.0 Å². The highest BCUT2D eigenvalue weighted by Crippen LogP contribution is 2.23. The minimum atomic E-state index is -0.0851. The zero-order valence-corrected chi connectivity index (χ0v) is 18.2. The van der Waals surface area contributed by atoms with Crippen LogP contribution in [0.1, 0.15) is 35.1 Å². The van der Waals surface area contributed by atoms with Crippen LogP contribution in [0.2, 0.25) is 0 Å². The molecule has 1 aliphatic heterocycles. The lowest BCUT2D eigenvalue weighted by Crippen LogP contribution is -2.44. The number of benzene rings is 2. The smallest absolute Gasteiger partial charge is 0.255 e. The van der Waals surface area contributed by atoms with Crippen LogP contribution in [-0.2, 0) is 13.1 Å². The van der Waals surface area contributed by atoms with Crippen LogP contribution in [0.4, 0.5) is 5.69 Å². The number of carbonyl (C=O) groups is 1. The zero-order valence-electron chi connectivity index (χ0n) is 18.2. The number of imidazole rings is 1. The van der Waals surface area contributed by atoms with Crippen molar-refractivity contribution in [3.63, 3.8) is 0 Å². The van der Waals surface area contributed by atoms with Gasteiger partial charge in [-0.05, 0) is 50.2 Å². The molecule has 0 bridgehead atoms. The number of amides is 1. The maximum absolute atomic E-state index is 12.7. The molecule has 1 aliphatic rings. The molecule has 1 amide bonds. The fourth-order valence-electron chi connectivity index (χ4n) is 4.08. The summed E-state index contributed by atoms with van der Waals surface area (Å²) in [6.45, 7) is 10.3. The molecule has 6 heteroatoms. The quantitative estimate of drug-likeness (QED) is 0.679. The van der Waals surface area contributed by atoms with Gasteiger partial charge in [0.15, 0.2) is 0 Å². The van der Waals surface area contributed by atoms with Crippen molar-refractivity contribution >= 4 is 22.6 Å². The molecular formula is C24H31N5O. The second-order valence-corrected chi connectivity index (χ2v) is 8.23. The van der Waals surface area contributed by atoms with Gasteiger partial charge in [0.25, 0.3) is 5.91 Å². The molecule has 1 fully saturated rings. The van der Waals surface area contributed by atoms with Gasteiger partial charge in [-0.1, -0.05) is 25.1 Å². The molecule has 0 saturated carbocycles. The van der Waals surface area contributed by atoms with Crippen molar-refractivity contribution in [2.24, 2.45) is 0 Å². The monoisotopic (exact) mass is 405 g/mol. The van der Waals surface area contributed by atoms with Crippen LogP contribution < -0.4 is 5.32 Å². The highest BCUT2D eigenvalue weighted by molar-refractivity contribution is 6.05. The highest BCUT2D eigenvalue weighted by atomic mass is 16.1. The summed E-state index contributed by atoms with van der Waals surface area (Å²) in [5.74, 6) is 1.02. The minimum Gasteiger partial charge on any atom is -0.327 e. The van der Waals surface area contributed by atoms with Crippen molar-refractivity contribution in [2.75, 3.05) is 38.5 Å². The lowest BCUT2D eigenvalue weighted by atomic mass is 10.1. The minimum absolute atomic E-state index is 0.0851. The van der Waals surface area contributed by atoms with Crippen molar-refractivity contribution < 1.29 is 4.79 Å². The van der Waals surface area contributed by atoms with E-state index in [-0.39, 0.29) is 5.91 Å². The number of hydrogen-bond donors (Lipinski definition) is 1. The third-order valence-electron chi connectivity index (χ3n) is 5.88. The molecule has 6 nitrogen and oxygen atoms in total. The molecule has 4 rings (SSSR count). The van der Waals surface area contributed by atoms with E-state index < -0.39 is 0 Å². The van der Waals surface area contributed by atoms with Crippen molar-refractivity contribution in [2.45, 2.75) is 33.4 Å². The van der Waals surface area contributed by atoms with E-state index >= 15 is 0 Å². The Hall–Kier alpha value is -2.70. The molecule has 30 heavy (non-hydrogen) atoms. The highest BCUT2D eigenvalue weighted by Gasteiger charge is 2.18. The van der Waals surface area contributed by atoms with Gasteiger partial charge in [-0.25, -0.2) is 4.98 Å². The predicted molar refractivity (Wildman–Crippen MR) is 122 cm³/mol. The number of nitrogens with one attached hydrogen (secondary N) is 1. The predicted octanol–water partition coefficient (Wildman–Crippen LogP) is 3.75. The Labute approximate surface area is 178 Å². The molecule has 1 saturated heterocycles. The molecule has 0 unspecified atom stereocenters. The fourth-order valence-corrected chi connectivity index (χ4v) is 4.08. The first-order chi connectivity index (χ1) is 14.5. The molecule has 0 aliphatic carbocycles. The Kier molecular flexibility index (Phi) is 6.16. The van der Waals surface area contributed by atoms with E-state index in [1.165, 1.54) is 0 Å². The van der Waals surface area contributed by atoms with Gasteiger partial charge in [0, 0.05) is 44.0 Å². The number of anilines is 1. The summed E-state index contributed by atoms with van der Waals surface area (Å²) in [5, 5.41) is 3.03. The second kappa shape index (κ2) is 8.98. The van der Waals surface area contributed by atoms with Gasteiger partial charge in [0.2, 0.25) is 0 Å². The van der Waals surface area contributed by atoms with Gasteiger partial charge in [-0.2, -0.15) is 0 Å². The number of rotatable bonds is 6. The first-order valence-electron chi connectivity index (χ1n) is 10.8. The number of fused-ring (bicyclic) bond motifs is 1. The number of hydrogen-bond acceptors (Lipinski definition) is 4. The Morgan fingerprint density at radius 3 is 2.60 bits per heavy atom. The number of aromatic nitrogens is 2. The summed E-state index contributed by atoms with van der Waals surface area (Å²) in [6, 6.07) is 13.7. The van der Waals surface area contributed by atoms with Crippen LogP contribution in [0.5, 0.6) is 0 Å². The standard InChI is InChI=1S/C24H31N5O/c1-4-11-29-22-10-9-19(25-24(30)20-8-6-5-7-18(20)2)16-21(22)26-23(29)17-28-14-12-27(3)13-15-28/h5-10,16H,4,11-15,17H2,1-3H3,(H,25,30). The topological polar surface area (TPSA) is 53.4 Å². The Morgan fingerprint density at radius 1 is 1.10 bits per heavy atom. The molecule has 2 aromatic carbocycles. The lowest BCUT2D eigenvalue weighted by Gasteiger charge is -2.32. The molecule has 1 N–H and O–H groups in total. The number of piperazine rings is 1. The van der Waals surface area contributed by atoms with Crippen molar-refractivity contribution in [3.05, 3.63) is 59.4 Å². The Bertz CT molecular complexity index is 1030. The molecular weight excluding hydrogens is 374 g/mol. The summed E-state index contributed by atoms with van der Waals surface area (Å²) in [6.07, 6.45) is 1.06. The van der Waals surface area contributed by atoms with Crippen molar-refractivity contribution in [3.8, 4) is 0 Å². The number of nitrogens with zero attached hydrogens (tertiary/aromatic N) is 4. The number of carbonyl (C=O) groups excluding carboxylic acids is 1. The van der Waals surface area contributed by atoms with E-state index in [9.17, 15) is 4.79 Å². The number of likely N-dealkylation sites (N-methyl/N-ethyl adjacent to an activating group) is 1. The van der Waals surface area contributed by atoms with E-state index in [0.717, 1.165) is 73.8 Å². The van der Waals surface area contributed by atoms with Gasteiger partial charge < -0.3 is 14.8 Å². The Balaban J connectivity index is 1.57. The first-order valence-corrected chi connectivity index (χ1v) is 10.8. The van der Waals surface area contributed by atoms with Gasteiger partial charge >= 0.3 is 0 Å². The molecule has 158 valence electrons. The van der Waals surface area contributed by atoms with E-state index in [4.69, 9.17) is 4.98 Å². The summed E-state index contributed by atoms with van der Waals surface area (Å²) >= 11 is 0. The molecule has 2 heterocycles. The largest absolute Gasteiger partial charge is 0.327 e. The molecule has 1 aromatic heterocycles. The maximum atomic E-state index is 12.7. The van der Waals surface area contributed by atoms with Crippen LogP contribution in [-0.4, -0.2) is 58.5 Å². The third kappa shape index (κ3) is 4.40.